The van der Waals surface area contributed by atoms with Crippen molar-refractivity contribution in [3.8, 4) is 0 Å². The van der Waals surface area contributed by atoms with Crippen molar-refractivity contribution in [3.63, 3.8) is 0 Å². The van der Waals surface area contributed by atoms with E-state index in [-0.39, 0.29) is 0 Å². The largest absolute Gasteiger partial charge is 0.354 e. The Morgan fingerprint density at radius 1 is 0.769 bits per heavy atom. The van der Waals surface area contributed by atoms with Crippen LogP contribution in [-0.2, 0) is 7.05 Å². The number of hydrogen-bond donors (Lipinski definition) is 1. The van der Waals surface area contributed by atoms with E-state index in [1.165, 1.54) is 32.6 Å². The molecule has 0 saturated carbocycles. The molecule has 0 spiro atoms. The number of anilines is 2. The SMILES string of the molecule is Cn1c2cc(Nc3ccccc3Cl)ccc2c2c3ccccc3ccc21. The van der Waals surface area contributed by atoms with Crippen LogP contribution in [0.15, 0.2) is 78.9 Å². The van der Waals surface area contributed by atoms with Crippen LogP contribution in [0.2, 0.25) is 5.02 Å². The van der Waals surface area contributed by atoms with Crippen molar-refractivity contribution in [1.82, 2.24) is 4.57 Å². The van der Waals surface area contributed by atoms with E-state index >= 15 is 0 Å². The fraction of sp³-hybridized carbons (Fsp3) is 0.0435. The molecule has 4 aromatic carbocycles. The summed E-state index contributed by atoms with van der Waals surface area (Å²) in [6.45, 7) is 0. The van der Waals surface area contributed by atoms with E-state index in [4.69, 9.17) is 11.6 Å². The Morgan fingerprint density at radius 2 is 1.58 bits per heavy atom. The third-order valence-corrected chi connectivity index (χ3v) is 5.38. The van der Waals surface area contributed by atoms with Gasteiger partial charge in [-0.05, 0) is 41.1 Å². The molecule has 126 valence electrons. The Bertz CT molecular complexity index is 1280. The summed E-state index contributed by atoms with van der Waals surface area (Å²) in [6.07, 6.45) is 0. The number of nitrogens with zero attached hydrogens (tertiary/aromatic N) is 1. The molecule has 0 radical (unpaired) electrons. The lowest BCUT2D eigenvalue weighted by molar-refractivity contribution is 1.01. The number of aromatic nitrogens is 1. The van der Waals surface area contributed by atoms with Crippen LogP contribution in [0.5, 0.6) is 0 Å². The molecule has 5 aromatic rings. The average molecular weight is 357 g/mol. The van der Waals surface area contributed by atoms with Crippen molar-refractivity contribution in [2.75, 3.05) is 5.32 Å². The van der Waals surface area contributed by atoms with Gasteiger partial charge >= 0.3 is 0 Å². The predicted octanol–water partition coefficient (Wildman–Crippen LogP) is 6.88. The summed E-state index contributed by atoms with van der Waals surface area (Å²) in [5.41, 5.74) is 4.39. The highest BCUT2D eigenvalue weighted by Crippen LogP contribution is 2.36. The third kappa shape index (κ3) is 2.27. The zero-order valence-electron chi connectivity index (χ0n) is 14.3. The summed E-state index contributed by atoms with van der Waals surface area (Å²) < 4.78 is 2.26. The molecule has 0 bridgehead atoms. The summed E-state index contributed by atoms with van der Waals surface area (Å²) in [5.74, 6) is 0. The summed E-state index contributed by atoms with van der Waals surface area (Å²) in [7, 11) is 2.12. The number of rotatable bonds is 2. The van der Waals surface area contributed by atoms with Gasteiger partial charge in [0.15, 0.2) is 0 Å². The van der Waals surface area contributed by atoms with Gasteiger partial charge in [-0.2, -0.15) is 0 Å². The minimum Gasteiger partial charge on any atom is -0.354 e. The van der Waals surface area contributed by atoms with Gasteiger partial charge in [0.2, 0.25) is 0 Å². The molecule has 0 atom stereocenters. The molecule has 3 heteroatoms. The summed E-state index contributed by atoms with van der Waals surface area (Å²) in [6, 6.07) is 27.3. The van der Waals surface area contributed by atoms with Crippen molar-refractivity contribution in [1.29, 1.82) is 0 Å². The second-order valence-corrected chi connectivity index (χ2v) is 6.98. The van der Waals surface area contributed by atoms with Crippen molar-refractivity contribution < 1.29 is 0 Å². The molecule has 1 heterocycles. The van der Waals surface area contributed by atoms with E-state index in [2.05, 4.69) is 71.5 Å². The molecule has 5 rings (SSSR count). The van der Waals surface area contributed by atoms with Crippen molar-refractivity contribution in [3.05, 3.63) is 83.9 Å². The van der Waals surface area contributed by atoms with E-state index < -0.39 is 0 Å². The number of aryl methyl sites for hydroxylation is 1. The monoisotopic (exact) mass is 356 g/mol. The maximum absolute atomic E-state index is 6.29. The van der Waals surface area contributed by atoms with Gasteiger partial charge in [0.25, 0.3) is 0 Å². The van der Waals surface area contributed by atoms with Crippen molar-refractivity contribution >= 4 is 55.6 Å². The first kappa shape index (κ1) is 15.3. The Hall–Kier alpha value is -2.97. The van der Waals surface area contributed by atoms with Crippen LogP contribution in [0.25, 0.3) is 32.6 Å². The highest BCUT2D eigenvalue weighted by atomic mass is 35.5. The number of hydrogen-bond acceptors (Lipinski definition) is 1. The molecule has 1 N–H and O–H groups in total. The van der Waals surface area contributed by atoms with Crippen LogP contribution in [0.1, 0.15) is 0 Å². The van der Waals surface area contributed by atoms with E-state index in [9.17, 15) is 0 Å². The van der Waals surface area contributed by atoms with E-state index in [1.54, 1.807) is 0 Å². The number of halogens is 1. The maximum atomic E-state index is 6.29. The van der Waals surface area contributed by atoms with Crippen LogP contribution >= 0.6 is 11.6 Å². The van der Waals surface area contributed by atoms with Gasteiger partial charge in [0.1, 0.15) is 0 Å². The molecule has 0 aliphatic carbocycles. The Morgan fingerprint density at radius 3 is 2.46 bits per heavy atom. The van der Waals surface area contributed by atoms with Crippen LogP contribution in [0, 0.1) is 0 Å². The maximum Gasteiger partial charge on any atom is 0.0640 e. The second kappa shape index (κ2) is 5.79. The van der Waals surface area contributed by atoms with Gasteiger partial charge in [0, 0.05) is 29.0 Å². The highest BCUT2D eigenvalue weighted by molar-refractivity contribution is 6.33. The second-order valence-electron chi connectivity index (χ2n) is 6.58. The van der Waals surface area contributed by atoms with Gasteiger partial charge in [0.05, 0.1) is 16.2 Å². The standard InChI is InChI=1S/C23H17ClN2/c1-26-21-13-10-15-6-2-3-7-17(15)23(21)18-12-11-16(14-22(18)26)25-20-9-5-4-8-19(20)24/h2-14,25H,1H3. The molecule has 0 aliphatic heterocycles. The molecule has 0 saturated heterocycles. The zero-order valence-corrected chi connectivity index (χ0v) is 15.1. The first-order valence-electron chi connectivity index (χ1n) is 8.64. The Balaban J connectivity index is 1.74. The Kier molecular flexibility index (Phi) is 3.41. The van der Waals surface area contributed by atoms with Gasteiger partial charge in [-0.1, -0.05) is 60.1 Å². The van der Waals surface area contributed by atoms with Crippen LogP contribution < -0.4 is 5.32 Å². The molecule has 0 aliphatic rings. The molecular formula is C23H17ClN2. The summed E-state index contributed by atoms with van der Waals surface area (Å²) in [5, 5.41) is 9.29. The quantitative estimate of drug-likeness (QED) is 0.364. The lowest BCUT2D eigenvalue weighted by Gasteiger charge is -2.09. The lowest BCUT2D eigenvalue weighted by Crippen LogP contribution is -1.92. The molecule has 0 amide bonds. The smallest absolute Gasteiger partial charge is 0.0640 e. The fourth-order valence-electron chi connectivity index (χ4n) is 3.77. The fourth-order valence-corrected chi connectivity index (χ4v) is 3.95. The molecule has 1 aromatic heterocycles. The van der Waals surface area contributed by atoms with Crippen LogP contribution in [0.3, 0.4) is 0 Å². The van der Waals surface area contributed by atoms with Crippen molar-refractivity contribution in [2.24, 2.45) is 7.05 Å². The molecule has 2 nitrogen and oxygen atoms in total. The third-order valence-electron chi connectivity index (χ3n) is 5.05. The first-order valence-corrected chi connectivity index (χ1v) is 9.01. The number of para-hydroxylation sites is 1. The Labute approximate surface area is 156 Å². The van der Waals surface area contributed by atoms with E-state index in [0.29, 0.717) is 0 Å². The molecule has 0 unspecified atom stereocenters. The topological polar surface area (TPSA) is 17.0 Å². The van der Waals surface area contributed by atoms with Gasteiger partial charge in [-0.3, -0.25) is 0 Å². The van der Waals surface area contributed by atoms with Crippen molar-refractivity contribution in [2.45, 2.75) is 0 Å². The molecule has 26 heavy (non-hydrogen) atoms. The number of benzene rings is 4. The summed E-state index contributed by atoms with van der Waals surface area (Å²) >= 11 is 6.29. The zero-order chi connectivity index (χ0) is 17.7. The van der Waals surface area contributed by atoms with E-state index in [1.807, 2.05) is 24.3 Å². The minimum atomic E-state index is 0.718. The average Bonchev–Trinajstić information content (AvgIpc) is 2.96. The van der Waals surface area contributed by atoms with E-state index in [0.717, 1.165) is 16.4 Å². The van der Waals surface area contributed by atoms with Crippen LogP contribution in [0.4, 0.5) is 11.4 Å². The number of nitrogens with one attached hydrogen (secondary N) is 1. The van der Waals surface area contributed by atoms with Crippen LogP contribution in [-0.4, -0.2) is 4.57 Å². The molecular weight excluding hydrogens is 340 g/mol. The van der Waals surface area contributed by atoms with Gasteiger partial charge < -0.3 is 9.88 Å². The normalized spacial score (nSPS) is 11.5. The lowest BCUT2D eigenvalue weighted by atomic mass is 10.0. The predicted molar refractivity (Wildman–Crippen MR) is 113 cm³/mol. The van der Waals surface area contributed by atoms with Gasteiger partial charge in [-0.15, -0.1) is 0 Å². The minimum absolute atomic E-state index is 0.718. The highest BCUT2D eigenvalue weighted by Gasteiger charge is 2.12. The molecule has 0 fully saturated rings. The number of fused-ring (bicyclic) bond motifs is 5. The first-order chi connectivity index (χ1) is 12.7. The van der Waals surface area contributed by atoms with Gasteiger partial charge in [-0.25, -0.2) is 0 Å². The summed E-state index contributed by atoms with van der Waals surface area (Å²) in [4.78, 5) is 0.